The highest BCUT2D eigenvalue weighted by molar-refractivity contribution is 7.89. The number of carbonyl (C=O) groups is 2. The number of urea groups is 1. The molecule has 1 aliphatic heterocycles. The molecule has 36 heavy (non-hydrogen) atoms. The highest BCUT2D eigenvalue weighted by Crippen LogP contribution is 2.35. The van der Waals surface area contributed by atoms with Crippen LogP contribution in [0.2, 0.25) is 5.02 Å². The number of nitrogens with one attached hydrogen (secondary N) is 2. The average molecular weight is 530 g/mol. The predicted octanol–water partition coefficient (Wildman–Crippen LogP) is 3.47. The Balaban J connectivity index is 1.50. The van der Waals surface area contributed by atoms with E-state index in [2.05, 4.69) is 5.32 Å². The van der Waals surface area contributed by atoms with Crippen molar-refractivity contribution in [2.24, 2.45) is 0 Å². The van der Waals surface area contributed by atoms with Gasteiger partial charge in [0, 0.05) is 30.2 Å². The number of ether oxygens (including phenoxy) is 2. The Hall–Kier alpha value is -3.76. The first-order valence-electron chi connectivity index (χ1n) is 11.0. The van der Waals surface area contributed by atoms with E-state index < -0.39 is 33.8 Å². The number of carbonyl (C=O) groups excluding carboxylic acids is 2. The van der Waals surface area contributed by atoms with Crippen LogP contribution in [0.3, 0.4) is 0 Å². The predicted molar refractivity (Wildman–Crippen MR) is 136 cm³/mol. The van der Waals surface area contributed by atoms with E-state index in [1.54, 1.807) is 49.5 Å². The van der Waals surface area contributed by atoms with Gasteiger partial charge in [-0.25, -0.2) is 17.9 Å². The Morgan fingerprint density at radius 3 is 2.44 bits per heavy atom. The van der Waals surface area contributed by atoms with Gasteiger partial charge in [0.1, 0.15) is 6.04 Å². The van der Waals surface area contributed by atoms with Crippen molar-refractivity contribution in [1.29, 1.82) is 0 Å². The van der Waals surface area contributed by atoms with Crippen LogP contribution >= 0.6 is 11.6 Å². The molecule has 1 atom stereocenters. The van der Waals surface area contributed by atoms with E-state index in [0.717, 1.165) is 5.56 Å². The Bertz CT molecular complexity index is 1370. The quantitative estimate of drug-likeness (QED) is 0.462. The summed E-state index contributed by atoms with van der Waals surface area (Å²) >= 11 is 6.05. The minimum Gasteiger partial charge on any atom is -0.454 e. The normalized spacial score (nSPS) is 13.1. The van der Waals surface area contributed by atoms with Crippen LogP contribution in [0.25, 0.3) is 0 Å². The standard InChI is InChI=1S/C25H24ClN3O6S/c1-29(19-11-12-22-23(14-19)35-16-34-22)24(30)21(13-17-7-3-2-4-8-17)27-25(31)28-36(32,33)15-18-9-5-6-10-20(18)26/h2-12,14,21H,13,15-16H2,1H3,(H2,27,28,31). The summed E-state index contributed by atoms with van der Waals surface area (Å²) in [6, 6.07) is 18.5. The molecule has 1 heterocycles. The SMILES string of the molecule is CN(C(=O)C(Cc1ccccc1)NC(=O)NS(=O)(=O)Cc1ccccc1Cl)c1ccc2c(c1)OCO2. The van der Waals surface area contributed by atoms with Gasteiger partial charge in [0.15, 0.2) is 11.5 Å². The number of fused-ring (bicyclic) bond motifs is 1. The number of rotatable bonds is 8. The van der Waals surface area contributed by atoms with Crippen LogP contribution in [0.15, 0.2) is 72.8 Å². The van der Waals surface area contributed by atoms with Gasteiger partial charge in [-0.05, 0) is 29.3 Å². The molecule has 0 saturated heterocycles. The molecule has 0 saturated carbocycles. The van der Waals surface area contributed by atoms with E-state index in [1.165, 1.54) is 4.90 Å². The summed E-state index contributed by atoms with van der Waals surface area (Å²) in [6.07, 6.45) is 0.145. The van der Waals surface area contributed by atoms with Gasteiger partial charge in [-0.1, -0.05) is 60.1 Å². The monoisotopic (exact) mass is 529 g/mol. The van der Waals surface area contributed by atoms with Crippen LogP contribution in [0.4, 0.5) is 10.5 Å². The largest absolute Gasteiger partial charge is 0.454 e. The van der Waals surface area contributed by atoms with Crippen LogP contribution in [0.5, 0.6) is 11.5 Å². The van der Waals surface area contributed by atoms with Gasteiger partial charge in [0.2, 0.25) is 22.7 Å². The maximum atomic E-state index is 13.4. The number of benzene rings is 3. The number of anilines is 1. The van der Waals surface area contributed by atoms with Crippen LogP contribution in [-0.2, 0) is 27.0 Å². The van der Waals surface area contributed by atoms with E-state index in [4.69, 9.17) is 21.1 Å². The molecular formula is C25H24ClN3O6S. The van der Waals surface area contributed by atoms with Gasteiger partial charge < -0.3 is 19.7 Å². The first-order chi connectivity index (χ1) is 17.2. The Labute approximate surface area is 214 Å². The van der Waals surface area contributed by atoms with Crippen LogP contribution < -0.4 is 24.4 Å². The summed E-state index contributed by atoms with van der Waals surface area (Å²) in [6.45, 7) is 0.0947. The fourth-order valence-electron chi connectivity index (χ4n) is 3.69. The minimum atomic E-state index is -4.08. The molecule has 0 bridgehead atoms. The lowest BCUT2D eigenvalue weighted by atomic mass is 10.0. The number of halogens is 1. The van der Waals surface area contributed by atoms with Crippen molar-refractivity contribution >= 4 is 39.2 Å². The lowest BCUT2D eigenvalue weighted by Gasteiger charge is -2.25. The molecule has 0 aliphatic carbocycles. The van der Waals surface area contributed by atoms with E-state index in [9.17, 15) is 18.0 Å². The number of amides is 3. The van der Waals surface area contributed by atoms with Crippen LogP contribution in [-0.4, -0.2) is 40.2 Å². The molecule has 188 valence electrons. The zero-order valence-corrected chi connectivity index (χ0v) is 20.9. The van der Waals surface area contributed by atoms with Gasteiger partial charge in [-0.3, -0.25) is 4.79 Å². The summed E-state index contributed by atoms with van der Waals surface area (Å²) in [5.74, 6) is 0.134. The summed E-state index contributed by atoms with van der Waals surface area (Å²) < 4.78 is 37.8. The lowest BCUT2D eigenvalue weighted by Crippen LogP contribution is -2.52. The molecule has 2 N–H and O–H groups in total. The van der Waals surface area contributed by atoms with Crippen molar-refractivity contribution < 1.29 is 27.5 Å². The minimum absolute atomic E-state index is 0.0947. The maximum Gasteiger partial charge on any atom is 0.329 e. The number of nitrogens with zero attached hydrogens (tertiary/aromatic N) is 1. The number of hydrogen-bond acceptors (Lipinski definition) is 6. The third-order valence-corrected chi connectivity index (χ3v) is 7.07. The van der Waals surface area contributed by atoms with Crippen molar-refractivity contribution in [2.45, 2.75) is 18.2 Å². The first kappa shape index (κ1) is 25.3. The van der Waals surface area contributed by atoms with Gasteiger partial charge in [0.05, 0.1) is 5.75 Å². The van der Waals surface area contributed by atoms with E-state index in [0.29, 0.717) is 22.7 Å². The zero-order chi connectivity index (χ0) is 25.7. The molecule has 0 spiro atoms. The Morgan fingerprint density at radius 1 is 1.00 bits per heavy atom. The molecule has 11 heteroatoms. The van der Waals surface area contributed by atoms with Crippen molar-refractivity contribution in [3.63, 3.8) is 0 Å². The maximum absolute atomic E-state index is 13.4. The highest BCUT2D eigenvalue weighted by atomic mass is 35.5. The highest BCUT2D eigenvalue weighted by Gasteiger charge is 2.28. The smallest absolute Gasteiger partial charge is 0.329 e. The third kappa shape index (κ3) is 6.27. The summed E-state index contributed by atoms with van der Waals surface area (Å²) in [5, 5.41) is 2.78. The third-order valence-electron chi connectivity index (χ3n) is 5.51. The molecular weight excluding hydrogens is 506 g/mol. The Kier molecular flexibility index (Phi) is 7.66. The molecule has 3 amide bonds. The fourth-order valence-corrected chi connectivity index (χ4v) is 5.05. The second-order valence-corrected chi connectivity index (χ2v) is 10.2. The Morgan fingerprint density at radius 2 is 1.69 bits per heavy atom. The van der Waals surface area contributed by atoms with Crippen molar-refractivity contribution in [1.82, 2.24) is 10.0 Å². The van der Waals surface area contributed by atoms with Crippen LogP contribution in [0, 0.1) is 0 Å². The van der Waals surface area contributed by atoms with Gasteiger partial charge in [-0.15, -0.1) is 0 Å². The van der Waals surface area contributed by atoms with E-state index in [1.807, 2.05) is 35.1 Å². The van der Waals surface area contributed by atoms with Gasteiger partial charge in [0.25, 0.3) is 0 Å². The van der Waals surface area contributed by atoms with Crippen LogP contribution in [0.1, 0.15) is 11.1 Å². The molecule has 3 aromatic carbocycles. The van der Waals surface area contributed by atoms with Gasteiger partial charge in [-0.2, -0.15) is 0 Å². The van der Waals surface area contributed by atoms with Crippen molar-refractivity contribution in [2.75, 3.05) is 18.7 Å². The van der Waals surface area contributed by atoms with Crippen molar-refractivity contribution in [3.05, 3.63) is 88.9 Å². The van der Waals surface area contributed by atoms with Crippen molar-refractivity contribution in [3.8, 4) is 11.5 Å². The molecule has 9 nitrogen and oxygen atoms in total. The number of likely N-dealkylation sites (N-methyl/N-ethyl adjacent to an activating group) is 1. The molecule has 0 radical (unpaired) electrons. The average Bonchev–Trinajstić information content (AvgIpc) is 3.32. The summed E-state index contributed by atoms with van der Waals surface area (Å²) in [7, 11) is -2.52. The second-order valence-electron chi connectivity index (χ2n) is 8.10. The lowest BCUT2D eigenvalue weighted by molar-refractivity contribution is -0.120. The molecule has 3 aromatic rings. The molecule has 1 unspecified atom stereocenters. The number of hydrogen-bond donors (Lipinski definition) is 2. The summed E-state index contributed by atoms with van der Waals surface area (Å²) in [4.78, 5) is 27.5. The molecule has 0 aromatic heterocycles. The summed E-state index contributed by atoms with van der Waals surface area (Å²) in [5.41, 5.74) is 1.66. The molecule has 1 aliphatic rings. The second kappa shape index (κ2) is 10.9. The van der Waals surface area contributed by atoms with E-state index >= 15 is 0 Å². The first-order valence-corrected chi connectivity index (χ1v) is 13.0. The zero-order valence-electron chi connectivity index (χ0n) is 19.3. The molecule has 0 fully saturated rings. The molecule has 4 rings (SSSR count). The topological polar surface area (TPSA) is 114 Å². The van der Waals surface area contributed by atoms with E-state index in [-0.39, 0.29) is 18.2 Å². The van der Waals surface area contributed by atoms with Gasteiger partial charge >= 0.3 is 6.03 Å². The number of sulfonamides is 1. The fraction of sp³-hybridized carbons (Fsp3) is 0.200.